The summed E-state index contributed by atoms with van der Waals surface area (Å²) in [6.45, 7) is 2.60. The lowest BCUT2D eigenvalue weighted by Gasteiger charge is -2.12. The zero-order chi connectivity index (χ0) is 15.4. The molecule has 1 unspecified atom stereocenters. The summed E-state index contributed by atoms with van der Waals surface area (Å²) in [6.07, 6.45) is 2.75. The van der Waals surface area contributed by atoms with Crippen molar-refractivity contribution < 1.29 is 5.11 Å². The van der Waals surface area contributed by atoms with Crippen LogP contribution >= 0.6 is 11.3 Å². The summed E-state index contributed by atoms with van der Waals surface area (Å²) >= 11 is 1.69. The van der Waals surface area contributed by atoms with Crippen molar-refractivity contribution in [2.24, 2.45) is 0 Å². The van der Waals surface area contributed by atoms with E-state index in [2.05, 4.69) is 28.3 Å². The van der Waals surface area contributed by atoms with Gasteiger partial charge in [-0.2, -0.15) is 0 Å². The first-order valence-corrected chi connectivity index (χ1v) is 8.27. The van der Waals surface area contributed by atoms with Crippen LogP contribution in [0.2, 0.25) is 0 Å². The average Bonchev–Trinajstić information content (AvgIpc) is 2.97. The van der Waals surface area contributed by atoms with Gasteiger partial charge in [0, 0.05) is 17.8 Å². The van der Waals surface area contributed by atoms with Gasteiger partial charge in [0.1, 0.15) is 17.0 Å². The van der Waals surface area contributed by atoms with Crippen molar-refractivity contribution in [1.82, 2.24) is 9.97 Å². The van der Waals surface area contributed by atoms with Gasteiger partial charge in [0.15, 0.2) is 0 Å². The summed E-state index contributed by atoms with van der Waals surface area (Å²) in [5.41, 5.74) is 1.13. The molecule has 0 saturated carbocycles. The van der Waals surface area contributed by atoms with Gasteiger partial charge in [0.25, 0.3) is 0 Å². The zero-order valence-corrected chi connectivity index (χ0v) is 13.3. The molecular weight excluding hydrogens is 294 g/mol. The van der Waals surface area contributed by atoms with Crippen LogP contribution in [-0.4, -0.2) is 27.7 Å². The summed E-state index contributed by atoms with van der Waals surface area (Å²) in [6, 6.07) is 12.1. The van der Waals surface area contributed by atoms with Gasteiger partial charge in [-0.05, 0) is 18.1 Å². The standard InChI is InChI=1S/C17H19N3OS/c1-2-14-9-15-16(19-11-20-17(15)22-14)18-10-13(21)8-12-6-4-3-5-7-12/h3-7,9,11,13,21H,2,8,10H2,1H3,(H,18,19,20). The van der Waals surface area contributed by atoms with Crippen LogP contribution in [-0.2, 0) is 12.8 Å². The van der Waals surface area contributed by atoms with Gasteiger partial charge in [-0.25, -0.2) is 9.97 Å². The lowest BCUT2D eigenvalue weighted by molar-refractivity contribution is 0.188. The summed E-state index contributed by atoms with van der Waals surface area (Å²) in [5.74, 6) is 0.799. The first-order valence-electron chi connectivity index (χ1n) is 7.45. The Balaban J connectivity index is 1.67. The molecule has 0 amide bonds. The molecule has 0 aliphatic carbocycles. The number of hydrogen-bond donors (Lipinski definition) is 2. The van der Waals surface area contributed by atoms with Crippen LogP contribution in [0.1, 0.15) is 17.4 Å². The largest absolute Gasteiger partial charge is 0.391 e. The SMILES string of the molecule is CCc1cc2c(NCC(O)Cc3ccccc3)ncnc2s1. The molecule has 22 heavy (non-hydrogen) atoms. The quantitative estimate of drug-likeness (QED) is 0.733. The number of benzene rings is 1. The van der Waals surface area contributed by atoms with Crippen LogP contribution in [0.25, 0.3) is 10.2 Å². The Bertz CT molecular complexity index is 742. The molecule has 0 aliphatic heterocycles. The van der Waals surface area contributed by atoms with Crippen molar-refractivity contribution in [3.8, 4) is 0 Å². The molecule has 0 aliphatic rings. The molecule has 2 N–H and O–H groups in total. The summed E-state index contributed by atoms with van der Waals surface area (Å²) in [4.78, 5) is 10.9. The number of thiophene rings is 1. The number of nitrogens with zero attached hydrogens (tertiary/aromatic N) is 2. The maximum absolute atomic E-state index is 10.2. The molecule has 2 heterocycles. The van der Waals surface area contributed by atoms with Crippen LogP contribution in [0.4, 0.5) is 5.82 Å². The molecular formula is C17H19N3OS. The molecule has 1 aromatic carbocycles. The van der Waals surface area contributed by atoms with Crippen molar-refractivity contribution >= 4 is 27.4 Å². The van der Waals surface area contributed by atoms with Crippen molar-refractivity contribution in [1.29, 1.82) is 0 Å². The Labute approximate surface area is 133 Å². The number of aromatic nitrogens is 2. The second kappa shape index (κ2) is 6.85. The summed E-state index contributed by atoms with van der Waals surface area (Å²) in [5, 5.41) is 14.5. The predicted molar refractivity (Wildman–Crippen MR) is 91.4 cm³/mol. The summed E-state index contributed by atoms with van der Waals surface area (Å²) < 4.78 is 0. The highest BCUT2D eigenvalue weighted by Crippen LogP contribution is 2.28. The van der Waals surface area contributed by atoms with Crippen molar-refractivity contribution in [2.75, 3.05) is 11.9 Å². The van der Waals surface area contributed by atoms with Crippen LogP contribution in [0.5, 0.6) is 0 Å². The number of rotatable bonds is 6. The van der Waals surface area contributed by atoms with E-state index in [0.29, 0.717) is 13.0 Å². The third-order valence-electron chi connectivity index (χ3n) is 3.55. The van der Waals surface area contributed by atoms with Gasteiger partial charge < -0.3 is 10.4 Å². The van der Waals surface area contributed by atoms with Gasteiger partial charge in [0.05, 0.1) is 11.5 Å². The van der Waals surface area contributed by atoms with Crippen LogP contribution in [0, 0.1) is 0 Å². The fraction of sp³-hybridized carbons (Fsp3) is 0.294. The van der Waals surface area contributed by atoms with Gasteiger partial charge in [-0.3, -0.25) is 0 Å². The van der Waals surface area contributed by atoms with E-state index in [1.807, 2.05) is 30.3 Å². The fourth-order valence-corrected chi connectivity index (χ4v) is 3.33. The third-order valence-corrected chi connectivity index (χ3v) is 4.74. The van der Waals surface area contributed by atoms with E-state index in [4.69, 9.17) is 0 Å². The third kappa shape index (κ3) is 3.43. The van der Waals surface area contributed by atoms with Crippen LogP contribution in [0.15, 0.2) is 42.7 Å². The van der Waals surface area contributed by atoms with E-state index in [0.717, 1.165) is 28.0 Å². The molecule has 0 radical (unpaired) electrons. The normalized spacial score (nSPS) is 12.5. The molecule has 1 atom stereocenters. The Kier molecular flexibility index (Phi) is 4.65. The smallest absolute Gasteiger partial charge is 0.138 e. The van der Waals surface area contributed by atoms with E-state index in [9.17, 15) is 5.11 Å². The molecule has 3 rings (SSSR count). The average molecular weight is 313 g/mol. The zero-order valence-electron chi connectivity index (χ0n) is 12.5. The Morgan fingerprint density at radius 1 is 1.23 bits per heavy atom. The first-order chi connectivity index (χ1) is 10.8. The van der Waals surface area contributed by atoms with Crippen molar-refractivity contribution in [2.45, 2.75) is 25.9 Å². The van der Waals surface area contributed by atoms with E-state index in [-0.39, 0.29) is 0 Å². The van der Waals surface area contributed by atoms with Crippen LogP contribution in [0.3, 0.4) is 0 Å². The highest BCUT2D eigenvalue weighted by molar-refractivity contribution is 7.18. The Hall–Kier alpha value is -1.98. The number of fused-ring (bicyclic) bond motifs is 1. The summed E-state index contributed by atoms with van der Waals surface area (Å²) in [7, 11) is 0. The molecule has 0 bridgehead atoms. The van der Waals surface area contributed by atoms with Crippen molar-refractivity contribution in [3.05, 3.63) is 53.2 Å². The number of aliphatic hydroxyl groups excluding tert-OH is 1. The van der Waals surface area contributed by atoms with Gasteiger partial charge in [-0.15, -0.1) is 11.3 Å². The number of anilines is 1. The predicted octanol–water partition coefficient (Wildman–Crippen LogP) is 3.27. The Morgan fingerprint density at radius 3 is 2.82 bits per heavy atom. The van der Waals surface area contributed by atoms with Crippen molar-refractivity contribution in [3.63, 3.8) is 0 Å². The number of aryl methyl sites for hydroxylation is 1. The molecule has 4 nitrogen and oxygen atoms in total. The van der Waals surface area contributed by atoms with Gasteiger partial charge in [0.2, 0.25) is 0 Å². The topological polar surface area (TPSA) is 58.0 Å². The monoisotopic (exact) mass is 313 g/mol. The number of hydrogen-bond acceptors (Lipinski definition) is 5. The maximum atomic E-state index is 10.2. The lowest BCUT2D eigenvalue weighted by Crippen LogP contribution is -2.22. The number of nitrogens with one attached hydrogen (secondary N) is 1. The molecule has 5 heteroatoms. The molecule has 3 aromatic rings. The minimum Gasteiger partial charge on any atom is -0.391 e. The molecule has 2 aromatic heterocycles. The highest BCUT2D eigenvalue weighted by Gasteiger charge is 2.10. The fourth-order valence-electron chi connectivity index (χ4n) is 2.39. The van der Waals surface area contributed by atoms with E-state index >= 15 is 0 Å². The van der Waals surface area contributed by atoms with E-state index < -0.39 is 6.10 Å². The minimum absolute atomic E-state index is 0.448. The molecule has 0 fully saturated rings. The molecule has 0 spiro atoms. The second-order valence-corrected chi connectivity index (χ2v) is 6.35. The lowest BCUT2D eigenvalue weighted by atomic mass is 10.1. The van der Waals surface area contributed by atoms with E-state index in [1.54, 1.807) is 17.7 Å². The number of aliphatic hydroxyl groups is 1. The van der Waals surface area contributed by atoms with Gasteiger partial charge in [-0.1, -0.05) is 37.3 Å². The first kappa shape index (κ1) is 14.9. The van der Waals surface area contributed by atoms with Gasteiger partial charge >= 0.3 is 0 Å². The van der Waals surface area contributed by atoms with Crippen LogP contribution < -0.4 is 5.32 Å². The molecule has 114 valence electrons. The highest BCUT2D eigenvalue weighted by atomic mass is 32.1. The van der Waals surface area contributed by atoms with E-state index in [1.165, 1.54) is 4.88 Å². The second-order valence-electron chi connectivity index (χ2n) is 5.23. The molecule has 0 saturated heterocycles. The maximum Gasteiger partial charge on any atom is 0.138 e. The minimum atomic E-state index is -0.448. The Morgan fingerprint density at radius 2 is 2.05 bits per heavy atom.